The molecule has 0 aliphatic heterocycles. The first-order valence-corrected chi connectivity index (χ1v) is 12.7. The predicted octanol–water partition coefficient (Wildman–Crippen LogP) is 7.71. The summed E-state index contributed by atoms with van der Waals surface area (Å²) in [5, 5.41) is 0. The Morgan fingerprint density at radius 1 is 0.903 bits per heavy atom. The van der Waals surface area contributed by atoms with E-state index in [1.54, 1.807) is 0 Å². The van der Waals surface area contributed by atoms with Crippen LogP contribution >= 0.6 is 0 Å². The van der Waals surface area contributed by atoms with Crippen LogP contribution in [0.4, 0.5) is 0 Å². The van der Waals surface area contributed by atoms with E-state index in [0.29, 0.717) is 11.7 Å². The van der Waals surface area contributed by atoms with E-state index in [2.05, 4.69) is 31.8 Å². The fourth-order valence-corrected chi connectivity index (χ4v) is 5.29. The minimum Gasteiger partial charge on any atom is -0.426 e. The number of carbonyl (C=O) groups excluding carboxylic acids is 1. The Bertz CT molecular complexity index is 748. The molecule has 3 rings (SSSR count). The summed E-state index contributed by atoms with van der Waals surface area (Å²) in [6.45, 7) is 4.53. The summed E-state index contributed by atoms with van der Waals surface area (Å²) in [5.41, 5.74) is 0.955. The van der Waals surface area contributed by atoms with E-state index in [1.807, 2.05) is 30.3 Å². The standard InChI is InChI=1S/C29H40O2/c1-3-7-23-11-13-25(14-12-23)9-5-6-10-26-17-21-28(22-18-26)31-29(30)27-19-15-24(8-4-2)16-20-27/h5,9,17-18,21-25,27H,3-4,7-8,11-16,19-20H2,1-2H3/t23-,24-,25-,27-. The Balaban J connectivity index is 1.41. The van der Waals surface area contributed by atoms with E-state index in [4.69, 9.17) is 4.74 Å². The van der Waals surface area contributed by atoms with Crippen LogP contribution in [0.2, 0.25) is 0 Å². The van der Waals surface area contributed by atoms with Gasteiger partial charge in [-0.25, -0.2) is 0 Å². The smallest absolute Gasteiger partial charge is 0.314 e. The number of hydrogen-bond acceptors (Lipinski definition) is 2. The van der Waals surface area contributed by atoms with Gasteiger partial charge in [-0.1, -0.05) is 57.4 Å². The summed E-state index contributed by atoms with van der Waals surface area (Å²) in [4.78, 5) is 12.5. The first-order chi connectivity index (χ1) is 15.2. The van der Waals surface area contributed by atoms with Crippen LogP contribution in [-0.4, -0.2) is 5.97 Å². The average molecular weight is 421 g/mol. The molecule has 0 N–H and O–H groups in total. The molecule has 2 saturated carbocycles. The van der Waals surface area contributed by atoms with Gasteiger partial charge in [0.2, 0.25) is 0 Å². The molecule has 2 heteroatoms. The Morgan fingerprint density at radius 3 is 2.06 bits per heavy atom. The van der Waals surface area contributed by atoms with Crippen LogP contribution in [0.25, 0.3) is 0 Å². The fraction of sp³-hybridized carbons (Fsp3) is 0.621. The Labute approximate surface area is 189 Å². The summed E-state index contributed by atoms with van der Waals surface area (Å²) < 4.78 is 5.63. The van der Waals surface area contributed by atoms with Gasteiger partial charge in [0, 0.05) is 5.56 Å². The SMILES string of the molecule is CCC[C@H]1CC[C@H](C=CC#Cc2ccc(OC(=O)[C@H]3CC[C@H](CCC)CC3)cc2)CC1. The monoisotopic (exact) mass is 420 g/mol. The van der Waals surface area contributed by atoms with Crippen LogP contribution in [0, 0.1) is 35.5 Å². The topological polar surface area (TPSA) is 26.3 Å². The van der Waals surface area contributed by atoms with E-state index < -0.39 is 0 Å². The quantitative estimate of drug-likeness (QED) is 0.256. The van der Waals surface area contributed by atoms with Gasteiger partial charge in [0.25, 0.3) is 0 Å². The first-order valence-electron chi connectivity index (χ1n) is 12.7. The third kappa shape index (κ3) is 7.88. The number of esters is 1. The van der Waals surface area contributed by atoms with Gasteiger partial charge in [-0.15, -0.1) is 0 Å². The second-order valence-corrected chi connectivity index (χ2v) is 9.65. The first kappa shape index (κ1) is 23.6. The van der Waals surface area contributed by atoms with Crippen molar-refractivity contribution >= 4 is 5.97 Å². The summed E-state index contributed by atoms with van der Waals surface area (Å²) in [6.07, 6.45) is 19.2. The molecule has 2 aliphatic carbocycles. The van der Waals surface area contributed by atoms with E-state index in [-0.39, 0.29) is 11.9 Å². The summed E-state index contributed by atoms with van der Waals surface area (Å²) in [6, 6.07) is 7.61. The molecule has 2 nitrogen and oxygen atoms in total. The average Bonchev–Trinajstić information content (AvgIpc) is 2.80. The second-order valence-electron chi connectivity index (χ2n) is 9.65. The molecule has 2 aliphatic rings. The molecule has 168 valence electrons. The molecule has 1 aromatic carbocycles. The molecule has 2 fully saturated rings. The van der Waals surface area contributed by atoms with E-state index >= 15 is 0 Å². The normalized spacial score (nSPS) is 26.3. The van der Waals surface area contributed by atoms with E-state index in [1.165, 1.54) is 51.4 Å². The molecule has 0 aromatic heterocycles. The lowest BCUT2D eigenvalue weighted by atomic mass is 9.80. The third-order valence-corrected chi connectivity index (χ3v) is 7.21. The van der Waals surface area contributed by atoms with Crippen molar-refractivity contribution in [3.8, 4) is 17.6 Å². The number of rotatable bonds is 7. The number of carbonyl (C=O) groups is 1. The lowest BCUT2D eigenvalue weighted by Crippen LogP contribution is -2.25. The minimum atomic E-state index is -0.0645. The highest BCUT2D eigenvalue weighted by Gasteiger charge is 2.27. The third-order valence-electron chi connectivity index (χ3n) is 7.21. The van der Waals surface area contributed by atoms with E-state index in [9.17, 15) is 4.79 Å². The molecule has 0 radical (unpaired) electrons. The number of ether oxygens (including phenoxy) is 1. The molecule has 31 heavy (non-hydrogen) atoms. The molecule has 0 atom stereocenters. The fourth-order valence-electron chi connectivity index (χ4n) is 5.29. The summed E-state index contributed by atoms with van der Waals surface area (Å²) in [7, 11) is 0. The van der Waals surface area contributed by atoms with Crippen LogP contribution in [-0.2, 0) is 4.79 Å². The van der Waals surface area contributed by atoms with Gasteiger partial charge in [0.15, 0.2) is 0 Å². The molecule has 0 heterocycles. The summed E-state index contributed by atoms with van der Waals surface area (Å²) >= 11 is 0. The van der Waals surface area contributed by atoms with Crippen molar-refractivity contribution in [1.29, 1.82) is 0 Å². The lowest BCUT2D eigenvalue weighted by Gasteiger charge is -2.26. The van der Waals surface area contributed by atoms with Gasteiger partial charge >= 0.3 is 5.97 Å². The maximum Gasteiger partial charge on any atom is 0.314 e. The van der Waals surface area contributed by atoms with Crippen molar-refractivity contribution < 1.29 is 9.53 Å². The lowest BCUT2D eigenvalue weighted by molar-refractivity contribution is -0.140. The second kappa shape index (κ2) is 12.7. The van der Waals surface area contributed by atoms with Crippen LogP contribution in [0.15, 0.2) is 36.4 Å². The van der Waals surface area contributed by atoms with Gasteiger partial charge in [0.05, 0.1) is 5.92 Å². The molecule has 0 amide bonds. The maximum atomic E-state index is 12.5. The van der Waals surface area contributed by atoms with Gasteiger partial charge in [-0.05, 0) is 99.5 Å². The van der Waals surface area contributed by atoms with Crippen molar-refractivity contribution in [3.05, 3.63) is 42.0 Å². The molecular weight excluding hydrogens is 380 g/mol. The van der Waals surface area contributed by atoms with Crippen LogP contribution in [0.1, 0.15) is 96.5 Å². The van der Waals surface area contributed by atoms with Crippen molar-refractivity contribution in [1.82, 2.24) is 0 Å². The minimum absolute atomic E-state index is 0.0645. The maximum absolute atomic E-state index is 12.5. The van der Waals surface area contributed by atoms with Gasteiger partial charge in [0.1, 0.15) is 5.75 Å². The zero-order valence-electron chi connectivity index (χ0n) is 19.6. The largest absolute Gasteiger partial charge is 0.426 e. The van der Waals surface area contributed by atoms with Crippen molar-refractivity contribution in [2.24, 2.45) is 23.7 Å². The van der Waals surface area contributed by atoms with Crippen molar-refractivity contribution in [2.75, 3.05) is 0 Å². The summed E-state index contributed by atoms with van der Waals surface area (Å²) in [5.74, 6) is 9.45. The van der Waals surface area contributed by atoms with Crippen LogP contribution in [0.5, 0.6) is 5.75 Å². The molecular formula is C29H40O2. The Morgan fingerprint density at radius 2 is 1.48 bits per heavy atom. The zero-order chi connectivity index (χ0) is 21.9. The van der Waals surface area contributed by atoms with Gasteiger partial charge in [-0.2, -0.15) is 0 Å². The molecule has 0 unspecified atom stereocenters. The molecule has 1 aromatic rings. The van der Waals surface area contributed by atoms with Crippen LogP contribution < -0.4 is 4.74 Å². The van der Waals surface area contributed by atoms with Gasteiger partial charge in [-0.3, -0.25) is 4.79 Å². The number of hydrogen-bond donors (Lipinski definition) is 0. The zero-order valence-corrected chi connectivity index (χ0v) is 19.6. The molecule has 0 spiro atoms. The molecule has 0 bridgehead atoms. The highest BCUT2D eigenvalue weighted by Crippen LogP contribution is 2.33. The Hall–Kier alpha value is -2.01. The Kier molecular flexibility index (Phi) is 9.73. The van der Waals surface area contributed by atoms with Crippen LogP contribution in [0.3, 0.4) is 0 Å². The predicted molar refractivity (Wildman–Crippen MR) is 129 cm³/mol. The molecule has 0 saturated heterocycles. The van der Waals surface area contributed by atoms with Gasteiger partial charge < -0.3 is 4.74 Å². The number of allylic oxidation sites excluding steroid dienone is 2. The van der Waals surface area contributed by atoms with E-state index in [0.717, 1.165) is 43.1 Å². The highest BCUT2D eigenvalue weighted by molar-refractivity contribution is 5.75. The number of benzene rings is 1. The van der Waals surface area contributed by atoms with Crippen molar-refractivity contribution in [3.63, 3.8) is 0 Å². The highest BCUT2D eigenvalue weighted by atomic mass is 16.5. The van der Waals surface area contributed by atoms with Crippen molar-refractivity contribution in [2.45, 2.75) is 90.9 Å².